The van der Waals surface area contributed by atoms with Crippen LogP contribution in [0.5, 0.6) is 0 Å². The van der Waals surface area contributed by atoms with E-state index in [0.717, 1.165) is 16.6 Å². The zero-order valence-corrected chi connectivity index (χ0v) is 13.5. The number of halogens is 1. The van der Waals surface area contributed by atoms with Crippen molar-refractivity contribution in [3.63, 3.8) is 0 Å². The molecule has 2 rings (SSSR count). The summed E-state index contributed by atoms with van der Waals surface area (Å²) in [5.74, 6) is 0.772. The number of hydrogen-bond donors (Lipinski definition) is 1. The van der Waals surface area contributed by atoms with E-state index >= 15 is 0 Å². The Balaban J connectivity index is 2.00. The first-order valence-electron chi connectivity index (χ1n) is 6.22. The number of H-pyrrole nitrogens is 1. The van der Waals surface area contributed by atoms with Gasteiger partial charge in [0.2, 0.25) is 0 Å². The van der Waals surface area contributed by atoms with E-state index in [9.17, 15) is 4.79 Å². The monoisotopic (exact) mass is 357 g/mol. The average molecular weight is 358 g/mol. The van der Waals surface area contributed by atoms with E-state index in [1.807, 2.05) is 12.1 Å². The Bertz CT molecular complexity index is 612. The Morgan fingerprint density at radius 1 is 1.50 bits per heavy atom. The first kappa shape index (κ1) is 15.3. The smallest absolute Gasteiger partial charge is 0.343 e. The average Bonchev–Trinajstić information content (AvgIpc) is 2.78. The SMILES string of the molecule is COCCCn1c(SCc2cccc(Br)c2)n[nH]c1=O. The lowest BCUT2D eigenvalue weighted by Gasteiger charge is -2.05. The molecule has 0 radical (unpaired) electrons. The van der Waals surface area contributed by atoms with Crippen molar-refractivity contribution in [2.45, 2.75) is 23.9 Å². The fourth-order valence-electron chi connectivity index (χ4n) is 1.75. The Hall–Kier alpha value is -1.05. The lowest BCUT2D eigenvalue weighted by Crippen LogP contribution is -2.18. The maximum atomic E-state index is 11.7. The Morgan fingerprint density at radius 3 is 3.10 bits per heavy atom. The number of rotatable bonds is 7. The number of benzene rings is 1. The Morgan fingerprint density at radius 2 is 2.35 bits per heavy atom. The van der Waals surface area contributed by atoms with Gasteiger partial charge in [-0.3, -0.25) is 4.57 Å². The number of nitrogens with one attached hydrogen (secondary N) is 1. The van der Waals surface area contributed by atoms with Crippen molar-refractivity contribution in [3.8, 4) is 0 Å². The molecule has 1 aromatic carbocycles. The predicted octanol–water partition coefficient (Wildman–Crippen LogP) is 2.66. The molecule has 5 nitrogen and oxygen atoms in total. The molecule has 20 heavy (non-hydrogen) atoms. The van der Waals surface area contributed by atoms with Gasteiger partial charge in [-0.25, -0.2) is 9.89 Å². The molecule has 0 aliphatic carbocycles. The molecule has 108 valence electrons. The van der Waals surface area contributed by atoms with Crippen LogP contribution in [0.4, 0.5) is 0 Å². The van der Waals surface area contributed by atoms with Gasteiger partial charge in [0.1, 0.15) is 0 Å². The zero-order valence-electron chi connectivity index (χ0n) is 11.1. The topological polar surface area (TPSA) is 59.9 Å². The zero-order chi connectivity index (χ0) is 14.4. The summed E-state index contributed by atoms with van der Waals surface area (Å²) in [6.07, 6.45) is 0.792. The second-order valence-electron chi connectivity index (χ2n) is 4.23. The van der Waals surface area contributed by atoms with Crippen molar-refractivity contribution in [3.05, 3.63) is 44.8 Å². The van der Waals surface area contributed by atoms with E-state index in [1.54, 1.807) is 23.4 Å². The molecule has 2 aromatic rings. The summed E-state index contributed by atoms with van der Waals surface area (Å²) in [5, 5.41) is 7.28. The van der Waals surface area contributed by atoms with Gasteiger partial charge in [-0.15, -0.1) is 5.10 Å². The summed E-state index contributed by atoms with van der Waals surface area (Å²) >= 11 is 5.00. The Kier molecular flexibility index (Phi) is 5.87. The highest BCUT2D eigenvalue weighted by Gasteiger charge is 2.08. The van der Waals surface area contributed by atoms with Crippen LogP contribution >= 0.6 is 27.7 Å². The molecule has 7 heteroatoms. The van der Waals surface area contributed by atoms with Crippen LogP contribution in [-0.4, -0.2) is 28.5 Å². The van der Waals surface area contributed by atoms with E-state index < -0.39 is 0 Å². The highest BCUT2D eigenvalue weighted by atomic mass is 79.9. The minimum Gasteiger partial charge on any atom is -0.385 e. The fraction of sp³-hybridized carbons (Fsp3) is 0.385. The minimum absolute atomic E-state index is 0.169. The molecule has 0 spiro atoms. The van der Waals surface area contributed by atoms with Crippen LogP contribution in [-0.2, 0) is 17.0 Å². The van der Waals surface area contributed by atoms with Crippen LogP contribution in [0.15, 0.2) is 38.7 Å². The standard InChI is InChI=1S/C13H16BrN3O2S/c1-19-7-3-6-17-12(18)15-16-13(17)20-9-10-4-2-5-11(14)8-10/h2,4-5,8H,3,6-7,9H2,1H3,(H,15,18). The van der Waals surface area contributed by atoms with Crippen molar-refractivity contribution < 1.29 is 4.74 Å². The number of aromatic amines is 1. The molecule has 1 aromatic heterocycles. The second-order valence-corrected chi connectivity index (χ2v) is 6.09. The van der Waals surface area contributed by atoms with Crippen LogP contribution in [0.1, 0.15) is 12.0 Å². The van der Waals surface area contributed by atoms with Gasteiger partial charge in [-0.1, -0.05) is 39.8 Å². The first-order chi connectivity index (χ1) is 9.70. The third-order valence-corrected chi connectivity index (χ3v) is 4.25. The van der Waals surface area contributed by atoms with E-state index in [0.29, 0.717) is 18.3 Å². The van der Waals surface area contributed by atoms with Crippen molar-refractivity contribution in [2.75, 3.05) is 13.7 Å². The highest BCUT2D eigenvalue weighted by molar-refractivity contribution is 9.10. The van der Waals surface area contributed by atoms with Crippen LogP contribution in [0.2, 0.25) is 0 Å². The minimum atomic E-state index is -0.169. The molecule has 0 aliphatic heterocycles. The maximum Gasteiger partial charge on any atom is 0.343 e. The summed E-state index contributed by atoms with van der Waals surface area (Å²) in [6.45, 7) is 1.25. The third-order valence-electron chi connectivity index (χ3n) is 2.71. The molecule has 1 heterocycles. The van der Waals surface area contributed by atoms with Crippen molar-refractivity contribution in [2.24, 2.45) is 0 Å². The number of ether oxygens (including phenoxy) is 1. The van der Waals surface area contributed by atoms with Gasteiger partial charge in [0.25, 0.3) is 0 Å². The summed E-state index contributed by atoms with van der Waals surface area (Å²) in [6, 6.07) is 8.10. The van der Waals surface area contributed by atoms with Crippen molar-refractivity contribution in [1.82, 2.24) is 14.8 Å². The molecular weight excluding hydrogens is 342 g/mol. The Labute approximate surface area is 129 Å². The van der Waals surface area contributed by atoms with Crippen molar-refractivity contribution >= 4 is 27.7 Å². The van der Waals surface area contributed by atoms with Crippen LogP contribution in [0.3, 0.4) is 0 Å². The molecule has 0 saturated carbocycles. The summed E-state index contributed by atoms with van der Waals surface area (Å²) < 4.78 is 7.71. The largest absolute Gasteiger partial charge is 0.385 e. The van der Waals surface area contributed by atoms with Gasteiger partial charge in [-0.05, 0) is 24.1 Å². The summed E-state index contributed by atoms with van der Waals surface area (Å²) in [7, 11) is 1.65. The van der Waals surface area contributed by atoms with Gasteiger partial charge in [-0.2, -0.15) is 0 Å². The van der Waals surface area contributed by atoms with E-state index in [1.165, 1.54) is 5.56 Å². The molecule has 0 fully saturated rings. The van der Waals surface area contributed by atoms with Crippen LogP contribution in [0.25, 0.3) is 0 Å². The number of thioether (sulfide) groups is 1. The van der Waals surface area contributed by atoms with Gasteiger partial charge in [0.05, 0.1) is 0 Å². The molecule has 0 bridgehead atoms. The van der Waals surface area contributed by atoms with E-state index in [4.69, 9.17) is 4.74 Å². The van der Waals surface area contributed by atoms with Gasteiger partial charge in [0, 0.05) is 30.5 Å². The molecule has 0 aliphatic rings. The van der Waals surface area contributed by atoms with E-state index in [-0.39, 0.29) is 5.69 Å². The van der Waals surface area contributed by atoms with Crippen molar-refractivity contribution in [1.29, 1.82) is 0 Å². The molecule has 0 saturated heterocycles. The lowest BCUT2D eigenvalue weighted by atomic mass is 10.2. The molecule has 0 unspecified atom stereocenters. The number of methoxy groups -OCH3 is 1. The number of hydrogen-bond acceptors (Lipinski definition) is 4. The predicted molar refractivity (Wildman–Crippen MR) is 83.0 cm³/mol. The normalized spacial score (nSPS) is 10.9. The molecule has 0 amide bonds. The molecule has 0 atom stereocenters. The van der Waals surface area contributed by atoms with Gasteiger partial charge >= 0.3 is 5.69 Å². The van der Waals surface area contributed by atoms with Crippen LogP contribution in [0, 0.1) is 0 Å². The van der Waals surface area contributed by atoms with Gasteiger partial charge in [0.15, 0.2) is 5.16 Å². The third kappa shape index (κ3) is 4.22. The van der Waals surface area contributed by atoms with E-state index in [2.05, 4.69) is 38.3 Å². The highest BCUT2D eigenvalue weighted by Crippen LogP contribution is 2.21. The van der Waals surface area contributed by atoms with Crippen LogP contribution < -0.4 is 5.69 Å². The van der Waals surface area contributed by atoms with Gasteiger partial charge < -0.3 is 4.74 Å². The fourth-order valence-corrected chi connectivity index (χ4v) is 3.11. The summed E-state index contributed by atoms with van der Waals surface area (Å²) in [5.41, 5.74) is 1.01. The first-order valence-corrected chi connectivity index (χ1v) is 8.00. The summed E-state index contributed by atoms with van der Waals surface area (Å²) in [4.78, 5) is 11.7. The second kappa shape index (κ2) is 7.66. The molecular formula is C13H16BrN3O2S. The quantitative estimate of drug-likeness (QED) is 0.611. The number of aromatic nitrogens is 3. The molecule has 1 N–H and O–H groups in total. The lowest BCUT2D eigenvalue weighted by molar-refractivity contribution is 0.189. The number of nitrogens with zero attached hydrogens (tertiary/aromatic N) is 2. The maximum absolute atomic E-state index is 11.7.